The Morgan fingerprint density at radius 1 is 1.29 bits per heavy atom. The Hall–Kier alpha value is -3.00. The molecule has 28 heavy (non-hydrogen) atoms. The van der Waals surface area contributed by atoms with Crippen molar-refractivity contribution in [2.75, 3.05) is 31.6 Å². The van der Waals surface area contributed by atoms with E-state index in [-0.39, 0.29) is 22.6 Å². The molecule has 1 aromatic heterocycles. The Kier molecular flexibility index (Phi) is 5.60. The molecule has 8 heteroatoms. The van der Waals surface area contributed by atoms with Gasteiger partial charge in [-0.2, -0.15) is 0 Å². The van der Waals surface area contributed by atoms with Crippen LogP contribution in [0.25, 0.3) is 0 Å². The summed E-state index contributed by atoms with van der Waals surface area (Å²) < 4.78 is 4.64. The topological polar surface area (TPSA) is 88.8 Å². The number of pyridine rings is 1. The second kappa shape index (κ2) is 7.93. The van der Waals surface area contributed by atoms with E-state index in [1.807, 2.05) is 23.1 Å². The van der Waals surface area contributed by atoms with Gasteiger partial charge < -0.3 is 9.64 Å². The van der Waals surface area contributed by atoms with Gasteiger partial charge in [-0.1, -0.05) is 30.3 Å². The third-order valence-electron chi connectivity index (χ3n) is 5.05. The molecule has 1 aliphatic rings. The third-order valence-corrected chi connectivity index (χ3v) is 5.05. The molecule has 0 bridgehead atoms. The summed E-state index contributed by atoms with van der Waals surface area (Å²) in [6, 6.07) is 11.5. The first-order valence-corrected chi connectivity index (χ1v) is 9.08. The highest BCUT2D eigenvalue weighted by Crippen LogP contribution is 2.32. The molecule has 8 nitrogen and oxygen atoms in total. The Balaban J connectivity index is 1.82. The molecular weight excluding hydrogens is 360 g/mol. The van der Waals surface area contributed by atoms with Crippen molar-refractivity contribution < 1.29 is 14.5 Å². The molecule has 0 radical (unpaired) electrons. The number of esters is 1. The molecule has 1 aliphatic heterocycles. The maximum atomic E-state index is 11.7. The molecule has 148 valence electrons. The zero-order valence-electron chi connectivity index (χ0n) is 16.3. The van der Waals surface area contributed by atoms with E-state index in [9.17, 15) is 14.9 Å². The maximum absolute atomic E-state index is 11.7. The molecule has 0 atom stereocenters. The largest absolute Gasteiger partial charge is 0.465 e. The number of rotatable bonds is 5. The fourth-order valence-electron chi connectivity index (χ4n) is 3.52. The highest BCUT2D eigenvalue weighted by Gasteiger charge is 2.36. The summed E-state index contributed by atoms with van der Waals surface area (Å²) in [6.07, 6.45) is 1.33. The van der Waals surface area contributed by atoms with Crippen LogP contribution in [-0.2, 0) is 11.3 Å². The van der Waals surface area contributed by atoms with Crippen LogP contribution >= 0.6 is 0 Å². The van der Waals surface area contributed by atoms with Crippen LogP contribution in [0.1, 0.15) is 29.8 Å². The van der Waals surface area contributed by atoms with Crippen molar-refractivity contribution in [2.45, 2.75) is 25.9 Å². The Labute approximate surface area is 163 Å². The summed E-state index contributed by atoms with van der Waals surface area (Å²) in [5.41, 5.74) is 0.913. The standard InChI is InChI=1S/C20H24N4O4/c1-20(2)14-22(9-10-23(20)13-15-7-5-4-6-8-15)18-17(24(26)27)11-16(12-21-18)19(25)28-3/h4-8,11-12H,9-10,13-14H2,1-3H3. The lowest BCUT2D eigenvalue weighted by atomic mass is 9.97. The second-order valence-corrected chi connectivity index (χ2v) is 7.46. The Bertz CT molecular complexity index is 870. The number of anilines is 1. The van der Waals surface area contributed by atoms with Crippen molar-refractivity contribution in [3.8, 4) is 0 Å². The minimum Gasteiger partial charge on any atom is -0.465 e. The number of piperazine rings is 1. The summed E-state index contributed by atoms with van der Waals surface area (Å²) in [5.74, 6) is -0.361. The fourth-order valence-corrected chi connectivity index (χ4v) is 3.52. The van der Waals surface area contributed by atoms with Crippen molar-refractivity contribution in [3.63, 3.8) is 0 Å². The number of nitro groups is 1. The van der Waals surface area contributed by atoms with Crippen LogP contribution in [0.3, 0.4) is 0 Å². The molecule has 0 aliphatic carbocycles. The number of nitrogens with zero attached hydrogens (tertiary/aromatic N) is 4. The van der Waals surface area contributed by atoms with E-state index < -0.39 is 10.9 Å². The lowest BCUT2D eigenvalue weighted by Gasteiger charge is -2.47. The zero-order valence-corrected chi connectivity index (χ0v) is 16.3. The second-order valence-electron chi connectivity index (χ2n) is 7.46. The van der Waals surface area contributed by atoms with Gasteiger partial charge in [0.1, 0.15) is 0 Å². The lowest BCUT2D eigenvalue weighted by molar-refractivity contribution is -0.384. The van der Waals surface area contributed by atoms with Gasteiger partial charge in [0.2, 0.25) is 5.82 Å². The van der Waals surface area contributed by atoms with E-state index in [0.29, 0.717) is 13.1 Å². The fraction of sp³-hybridized carbons (Fsp3) is 0.400. The van der Waals surface area contributed by atoms with Gasteiger partial charge in [0.25, 0.3) is 0 Å². The molecule has 0 amide bonds. The van der Waals surface area contributed by atoms with Gasteiger partial charge in [0, 0.05) is 44.0 Å². The third kappa shape index (κ3) is 4.12. The van der Waals surface area contributed by atoms with Crippen LogP contribution in [0.4, 0.5) is 11.5 Å². The average Bonchev–Trinajstić information content (AvgIpc) is 2.69. The first-order valence-electron chi connectivity index (χ1n) is 9.08. The maximum Gasteiger partial charge on any atom is 0.339 e. The van der Waals surface area contributed by atoms with Gasteiger partial charge >= 0.3 is 11.7 Å². The number of hydrogen-bond acceptors (Lipinski definition) is 7. The van der Waals surface area contributed by atoms with Gasteiger partial charge in [-0.25, -0.2) is 9.78 Å². The van der Waals surface area contributed by atoms with Crippen molar-refractivity contribution in [1.29, 1.82) is 0 Å². The SMILES string of the molecule is COC(=O)c1cnc(N2CCN(Cc3ccccc3)C(C)(C)C2)c([N+](=O)[O-])c1. The van der Waals surface area contributed by atoms with Crippen molar-refractivity contribution in [1.82, 2.24) is 9.88 Å². The molecule has 0 N–H and O–H groups in total. The molecule has 2 aromatic rings. The van der Waals surface area contributed by atoms with Crippen LogP contribution in [0.2, 0.25) is 0 Å². The molecule has 2 heterocycles. The molecule has 1 aromatic carbocycles. The van der Waals surface area contributed by atoms with Crippen LogP contribution in [-0.4, -0.2) is 53.1 Å². The quantitative estimate of drug-likeness (QED) is 0.445. The summed E-state index contributed by atoms with van der Waals surface area (Å²) in [6.45, 7) is 7.01. The highest BCUT2D eigenvalue weighted by atomic mass is 16.6. The minimum absolute atomic E-state index is 0.0694. The van der Waals surface area contributed by atoms with E-state index in [2.05, 4.69) is 40.6 Å². The van der Waals surface area contributed by atoms with E-state index >= 15 is 0 Å². The molecule has 3 rings (SSSR count). The summed E-state index contributed by atoms with van der Waals surface area (Å²) in [4.78, 5) is 31.3. The number of carbonyl (C=O) groups excluding carboxylic acids is 1. The van der Waals surface area contributed by atoms with Gasteiger partial charge in [0.15, 0.2) is 0 Å². The number of ether oxygens (including phenoxy) is 1. The Morgan fingerprint density at radius 2 is 2.00 bits per heavy atom. The minimum atomic E-state index is -0.643. The predicted octanol–water partition coefficient (Wildman–Crippen LogP) is 2.88. The van der Waals surface area contributed by atoms with Crippen LogP contribution in [0, 0.1) is 10.1 Å². The molecule has 1 fully saturated rings. The summed E-state index contributed by atoms with van der Waals surface area (Å²) in [7, 11) is 1.23. The molecule has 0 saturated carbocycles. The van der Waals surface area contributed by atoms with Gasteiger partial charge in [-0.3, -0.25) is 15.0 Å². The predicted molar refractivity (Wildman–Crippen MR) is 105 cm³/mol. The smallest absolute Gasteiger partial charge is 0.339 e. The summed E-state index contributed by atoms with van der Waals surface area (Å²) in [5, 5.41) is 11.6. The number of aromatic nitrogens is 1. The highest BCUT2D eigenvalue weighted by molar-refractivity contribution is 5.90. The van der Waals surface area contributed by atoms with E-state index in [0.717, 1.165) is 13.1 Å². The number of hydrogen-bond donors (Lipinski definition) is 0. The monoisotopic (exact) mass is 384 g/mol. The zero-order chi connectivity index (χ0) is 20.3. The van der Waals surface area contributed by atoms with Crippen LogP contribution in [0.5, 0.6) is 0 Å². The molecule has 0 spiro atoms. The number of benzene rings is 1. The van der Waals surface area contributed by atoms with Crippen LogP contribution < -0.4 is 4.90 Å². The van der Waals surface area contributed by atoms with E-state index in [4.69, 9.17) is 0 Å². The average molecular weight is 384 g/mol. The van der Waals surface area contributed by atoms with Crippen molar-refractivity contribution >= 4 is 17.5 Å². The van der Waals surface area contributed by atoms with Gasteiger partial charge in [-0.05, 0) is 19.4 Å². The Morgan fingerprint density at radius 3 is 2.61 bits per heavy atom. The normalized spacial score (nSPS) is 16.6. The van der Waals surface area contributed by atoms with Crippen LogP contribution in [0.15, 0.2) is 42.6 Å². The van der Waals surface area contributed by atoms with E-state index in [1.54, 1.807) is 0 Å². The van der Waals surface area contributed by atoms with Gasteiger partial charge in [-0.15, -0.1) is 0 Å². The molecule has 1 saturated heterocycles. The van der Waals surface area contributed by atoms with Crippen molar-refractivity contribution in [2.24, 2.45) is 0 Å². The molecule has 0 unspecified atom stereocenters. The lowest BCUT2D eigenvalue weighted by Crippen LogP contribution is -2.59. The number of methoxy groups -OCH3 is 1. The van der Waals surface area contributed by atoms with Crippen molar-refractivity contribution in [3.05, 3.63) is 63.8 Å². The van der Waals surface area contributed by atoms with E-state index in [1.165, 1.54) is 24.9 Å². The number of carbonyl (C=O) groups is 1. The summed E-state index contributed by atoms with van der Waals surface area (Å²) >= 11 is 0. The first-order chi connectivity index (χ1) is 13.3. The van der Waals surface area contributed by atoms with Gasteiger partial charge in [0.05, 0.1) is 17.6 Å². The molecular formula is C20H24N4O4. The first kappa shape index (κ1) is 19.8.